The lowest BCUT2D eigenvalue weighted by atomic mass is 10.7. The Morgan fingerprint density at radius 1 is 0.727 bits per heavy atom. The average molecular weight is 400 g/mol. The largest absolute Gasteiger partial charge is 0.637 e. The van der Waals surface area contributed by atoms with E-state index in [0.29, 0.717) is 0 Å². The van der Waals surface area contributed by atoms with Crippen molar-refractivity contribution in [2.75, 3.05) is 13.1 Å². The van der Waals surface area contributed by atoms with E-state index in [1.165, 1.54) is 0 Å². The Labute approximate surface area is 145 Å². The van der Waals surface area contributed by atoms with Crippen LogP contribution in [-0.2, 0) is 16.5 Å². The predicted octanol–water partition coefficient (Wildman–Crippen LogP) is 2.48. The van der Waals surface area contributed by atoms with Crippen LogP contribution >= 0.6 is 0 Å². The molecule has 0 amide bonds. The van der Waals surface area contributed by atoms with Crippen molar-refractivity contribution in [3.05, 3.63) is 0 Å². The molecule has 0 spiro atoms. The molecule has 0 saturated heterocycles. The molecule has 0 atom stereocenters. The monoisotopic (exact) mass is 399 g/mol. The summed E-state index contributed by atoms with van der Waals surface area (Å²) in [6.07, 6.45) is 0. The van der Waals surface area contributed by atoms with Gasteiger partial charge in [-0.15, -0.1) is 0 Å². The van der Waals surface area contributed by atoms with E-state index in [4.69, 9.17) is 16.5 Å². The van der Waals surface area contributed by atoms with Gasteiger partial charge in [-0.25, -0.2) is 0 Å². The van der Waals surface area contributed by atoms with Gasteiger partial charge in [0, 0.05) is 0 Å². The molecule has 0 aliphatic rings. The van der Waals surface area contributed by atoms with Crippen molar-refractivity contribution in [1.82, 2.24) is 4.57 Å². The van der Waals surface area contributed by atoms with Crippen LogP contribution in [0.4, 0.5) is 0 Å². The number of hydrogen-bond acceptors (Lipinski definition) is 5. The van der Waals surface area contributed by atoms with Crippen LogP contribution < -0.4 is 0 Å². The first kappa shape index (κ1) is 22.9. The molecule has 0 saturated carbocycles. The third-order valence-corrected chi connectivity index (χ3v) is 17.3. The van der Waals surface area contributed by atoms with Gasteiger partial charge in [-0.2, -0.15) is 0 Å². The Hall–Kier alpha value is 0.884. The maximum Gasteiger partial charge on any atom is 0.637 e. The van der Waals surface area contributed by atoms with E-state index in [-0.39, 0.29) is 0 Å². The molecular formula is C12H37NO4Si5. The molecule has 0 unspecified atom stereocenters. The summed E-state index contributed by atoms with van der Waals surface area (Å²) in [7, 11) is -9.04. The van der Waals surface area contributed by atoms with Gasteiger partial charge >= 0.3 is 9.05 Å². The van der Waals surface area contributed by atoms with Crippen LogP contribution in [0.1, 0.15) is 13.8 Å². The van der Waals surface area contributed by atoms with Gasteiger partial charge in [0.05, 0.1) is 0 Å². The lowest BCUT2D eigenvalue weighted by molar-refractivity contribution is 0.147. The summed E-state index contributed by atoms with van der Waals surface area (Å²) in [5.74, 6) is 0. The summed E-state index contributed by atoms with van der Waals surface area (Å²) >= 11 is 0. The van der Waals surface area contributed by atoms with Crippen LogP contribution in [0.25, 0.3) is 0 Å². The summed E-state index contributed by atoms with van der Waals surface area (Å²) in [6.45, 7) is 23.7. The summed E-state index contributed by atoms with van der Waals surface area (Å²) in [5.41, 5.74) is 0. The number of rotatable bonds is 11. The summed E-state index contributed by atoms with van der Waals surface area (Å²) in [5, 5.41) is 0. The van der Waals surface area contributed by atoms with Crippen molar-refractivity contribution in [2.24, 2.45) is 0 Å². The molecule has 0 N–H and O–H groups in total. The van der Waals surface area contributed by atoms with Gasteiger partial charge < -0.3 is 21.0 Å². The van der Waals surface area contributed by atoms with Gasteiger partial charge in [-0.1, -0.05) is 13.8 Å². The quantitative estimate of drug-likeness (QED) is 0.499. The first-order valence-electron chi connectivity index (χ1n) is 8.46. The second kappa shape index (κ2) is 10.0. The zero-order valence-corrected chi connectivity index (χ0v) is 21.7. The van der Waals surface area contributed by atoms with Gasteiger partial charge in [0.25, 0.3) is 8.48 Å². The van der Waals surface area contributed by atoms with E-state index < -0.39 is 44.6 Å². The molecule has 0 heterocycles. The van der Waals surface area contributed by atoms with E-state index in [9.17, 15) is 0 Å². The number of hydrogen-bond donors (Lipinski definition) is 0. The lowest BCUT2D eigenvalue weighted by Gasteiger charge is -2.42. The van der Waals surface area contributed by atoms with Gasteiger partial charge in [-0.05, 0) is 65.5 Å². The van der Waals surface area contributed by atoms with E-state index in [1.807, 2.05) is 0 Å². The minimum Gasteiger partial charge on any atom is -0.399 e. The average Bonchev–Trinajstić information content (AvgIpc) is 2.24. The van der Waals surface area contributed by atoms with Gasteiger partial charge in [0.15, 0.2) is 27.1 Å². The fraction of sp³-hybridized carbons (Fsp3) is 1.00. The van der Waals surface area contributed by atoms with Crippen LogP contribution in [0, 0.1) is 0 Å². The molecule has 22 heavy (non-hydrogen) atoms. The van der Waals surface area contributed by atoms with Crippen molar-refractivity contribution in [2.45, 2.75) is 66.2 Å². The van der Waals surface area contributed by atoms with Crippen molar-refractivity contribution < 1.29 is 16.5 Å². The zero-order chi connectivity index (χ0) is 17.6. The molecule has 0 rings (SSSR count). The third-order valence-electron chi connectivity index (χ3n) is 3.04. The highest BCUT2D eigenvalue weighted by molar-refractivity contribution is 6.84. The molecule has 0 aromatic rings. The third kappa shape index (κ3) is 8.12. The van der Waals surface area contributed by atoms with Crippen LogP contribution in [0.15, 0.2) is 0 Å². The standard InChI is InChI=1S/C12H37NO4Si5/c1-11-13(12-2)21(9,10)17-22(14-18(3)4,15-19(5)6)16-20(7)8/h18-20H,11-12H2,1-10H3. The summed E-state index contributed by atoms with van der Waals surface area (Å²) < 4.78 is 28.0. The van der Waals surface area contributed by atoms with Gasteiger partial charge in [-0.3, -0.25) is 0 Å². The molecular weight excluding hydrogens is 363 g/mol. The van der Waals surface area contributed by atoms with Crippen molar-refractivity contribution in [1.29, 1.82) is 0 Å². The molecule has 0 aliphatic carbocycles. The zero-order valence-electron chi connectivity index (χ0n) is 16.2. The minimum atomic E-state index is -3.01. The topological polar surface area (TPSA) is 40.2 Å². The highest BCUT2D eigenvalue weighted by atomic mass is 28.5. The maximum atomic E-state index is 6.64. The van der Waals surface area contributed by atoms with E-state index in [1.54, 1.807) is 0 Å². The van der Waals surface area contributed by atoms with Crippen LogP contribution in [-0.4, -0.2) is 62.3 Å². The molecule has 10 heteroatoms. The summed E-state index contributed by atoms with van der Waals surface area (Å²) in [4.78, 5) is 0. The smallest absolute Gasteiger partial charge is 0.399 e. The van der Waals surface area contributed by atoms with Crippen LogP contribution in [0.3, 0.4) is 0 Å². The van der Waals surface area contributed by atoms with E-state index in [0.717, 1.165) is 13.1 Å². The second-order valence-corrected chi connectivity index (χ2v) is 21.2. The Bertz CT molecular complexity index is 287. The van der Waals surface area contributed by atoms with Crippen molar-refractivity contribution >= 4 is 44.6 Å². The van der Waals surface area contributed by atoms with Crippen LogP contribution in [0.5, 0.6) is 0 Å². The molecule has 0 bridgehead atoms. The van der Waals surface area contributed by atoms with Gasteiger partial charge in [0.1, 0.15) is 0 Å². The Morgan fingerprint density at radius 2 is 1.05 bits per heavy atom. The second-order valence-electron chi connectivity index (χ2n) is 6.72. The highest BCUT2D eigenvalue weighted by Crippen LogP contribution is 2.24. The van der Waals surface area contributed by atoms with Crippen LogP contribution in [0.2, 0.25) is 52.4 Å². The Kier molecular flexibility index (Phi) is 10.4. The molecule has 134 valence electrons. The van der Waals surface area contributed by atoms with E-state index in [2.05, 4.69) is 70.8 Å². The first-order chi connectivity index (χ1) is 9.98. The maximum absolute atomic E-state index is 6.64. The van der Waals surface area contributed by atoms with Crippen molar-refractivity contribution in [3.8, 4) is 0 Å². The Morgan fingerprint density at radius 3 is 1.27 bits per heavy atom. The highest BCUT2D eigenvalue weighted by Gasteiger charge is 2.52. The molecule has 0 radical (unpaired) electrons. The predicted molar refractivity (Wildman–Crippen MR) is 107 cm³/mol. The van der Waals surface area contributed by atoms with Crippen molar-refractivity contribution in [3.63, 3.8) is 0 Å². The Balaban J connectivity index is 5.50. The molecule has 0 aromatic heterocycles. The SMILES string of the molecule is CCN(CC)[Si](C)(C)O[Si](O[SiH](C)C)(O[SiH](C)C)O[SiH](C)C. The summed E-state index contributed by atoms with van der Waals surface area (Å²) in [6, 6.07) is 0. The lowest BCUT2D eigenvalue weighted by Crippen LogP contribution is -2.65. The molecule has 0 aliphatic heterocycles. The number of nitrogens with zero attached hydrogens (tertiary/aromatic N) is 1. The normalized spacial score (nSPS) is 13.9. The molecule has 5 nitrogen and oxygen atoms in total. The van der Waals surface area contributed by atoms with Gasteiger partial charge in [0.2, 0.25) is 0 Å². The fourth-order valence-electron chi connectivity index (χ4n) is 2.38. The fourth-order valence-corrected chi connectivity index (χ4v) is 17.8. The molecule has 0 aromatic carbocycles. The molecule has 0 fully saturated rings. The van der Waals surface area contributed by atoms with E-state index >= 15 is 0 Å². The first-order valence-corrected chi connectivity index (χ1v) is 21.3. The minimum absolute atomic E-state index is 0.984.